The highest BCUT2D eigenvalue weighted by Gasteiger charge is 2.30. The smallest absolute Gasteiger partial charge is 0.338 e. The summed E-state index contributed by atoms with van der Waals surface area (Å²) in [5.74, 6) is -1.31. The molecule has 2 unspecified atom stereocenters. The molecule has 3 aromatic rings. The van der Waals surface area contributed by atoms with Crippen LogP contribution in [-0.2, 0) is 34.3 Å². The Kier molecular flexibility index (Phi) is 8.20. The predicted molar refractivity (Wildman–Crippen MR) is 122 cm³/mol. The molecule has 0 spiro atoms. The Hall–Kier alpha value is -3.41. The van der Waals surface area contributed by atoms with Gasteiger partial charge < -0.3 is 14.0 Å². The van der Waals surface area contributed by atoms with Crippen molar-refractivity contribution in [2.75, 3.05) is 6.61 Å². The number of imidazole rings is 1. The molecule has 0 fully saturated rings. The number of rotatable bonds is 10. The standard InChI is InChI=1S/C26H30N2O4/c1-4-24(26(30)31-16-20-12-10-19(2)11-13-20)22(14-23-15-27-18-28(23)3)17-32-25(29)21-8-6-5-7-9-21/h5-13,15,18,22,24H,4,14,16-17H2,1-3H3. The van der Waals surface area contributed by atoms with Gasteiger partial charge in [0.2, 0.25) is 0 Å². The average Bonchev–Trinajstić information content (AvgIpc) is 3.22. The monoisotopic (exact) mass is 434 g/mol. The van der Waals surface area contributed by atoms with Crippen molar-refractivity contribution in [2.45, 2.75) is 33.3 Å². The molecule has 1 heterocycles. The van der Waals surface area contributed by atoms with Crippen molar-refractivity contribution in [1.82, 2.24) is 9.55 Å². The average molecular weight is 435 g/mol. The highest BCUT2D eigenvalue weighted by Crippen LogP contribution is 2.24. The van der Waals surface area contributed by atoms with Gasteiger partial charge in [0, 0.05) is 24.9 Å². The normalized spacial score (nSPS) is 12.7. The molecule has 2 atom stereocenters. The van der Waals surface area contributed by atoms with Gasteiger partial charge in [0.1, 0.15) is 6.61 Å². The Labute approximate surface area is 189 Å². The van der Waals surface area contributed by atoms with Gasteiger partial charge in [-0.2, -0.15) is 0 Å². The van der Waals surface area contributed by atoms with Crippen molar-refractivity contribution in [2.24, 2.45) is 18.9 Å². The molecule has 6 nitrogen and oxygen atoms in total. The highest BCUT2D eigenvalue weighted by molar-refractivity contribution is 5.89. The molecule has 0 N–H and O–H groups in total. The molecule has 0 amide bonds. The minimum Gasteiger partial charge on any atom is -0.462 e. The number of aryl methyl sites for hydroxylation is 2. The SMILES string of the molecule is CCC(C(=O)OCc1ccc(C)cc1)C(COC(=O)c1ccccc1)Cc1cncn1C. The third kappa shape index (κ3) is 6.30. The van der Waals surface area contributed by atoms with Gasteiger partial charge in [-0.3, -0.25) is 4.79 Å². The van der Waals surface area contributed by atoms with Gasteiger partial charge in [-0.25, -0.2) is 9.78 Å². The van der Waals surface area contributed by atoms with E-state index in [0.29, 0.717) is 18.4 Å². The number of carbonyl (C=O) groups is 2. The number of hydrogen-bond donors (Lipinski definition) is 0. The van der Waals surface area contributed by atoms with Crippen LogP contribution in [0.15, 0.2) is 67.1 Å². The fourth-order valence-electron chi connectivity index (χ4n) is 3.65. The van der Waals surface area contributed by atoms with E-state index in [1.807, 2.05) is 55.8 Å². The Bertz CT molecular complexity index is 1010. The third-order valence-electron chi connectivity index (χ3n) is 5.64. The summed E-state index contributed by atoms with van der Waals surface area (Å²) in [5, 5.41) is 0. The second kappa shape index (κ2) is 11.3. The van der Waals surface area contributed by atoms with E-state index in [9.17, 15) is 9.59 Å². The van der Waals surface area contributed by atoms with Crippen LogP contribution in [0, 0.1) is 18.8 Å². The quantitative estimate of drug-likeness (QED) is 0.439. The number of hydrogen-bond acceptors (Lipinski definition) is 5. The zero-order valence-electron chi connectivity index (χ0n) is 18.9. The second-order valence-electron chi connectivity index (χ2n) is 8.03. The second-order valence-corrected chi connectivity index (χ2v) is 8.03. The molecule has 0 saturated carbocycles. The summed E-state index contributed by atoms with van der Waals surface area (Å²) >= 11 is 0. The molecule has 0 aliphatic rings. The zero-order valence-corrected chi connectivity index (χ0v) is 18.9. The number of esters is 2. The maximum Gasteiger partial charge on any atom is 0.338 e. The molecule has 0 aliphatic heterocycles. The largest absolute Gasteiger partial charge is 0.462 e. The molecule has 3 rings (SSSR count). The van der Waals surface area contributed by atoms with Crippen LogP contribution in [0.5, 0.6) is 0 Å². The fraction of sp³-hybridized carbons (Fsp3) is 0.346. The van der Waals surface area contributed by atoms with Crippen molar-refractivity contribution in [3.8, 4) is 0 Å². The lowest BCUT2D eigenvalue weighted by Gasteiger charge is -2.25. The number of nitrogens with zero attached hydrogens (tertiary/aromatic N) is 2. The molecule has 2 aromatic carbocycles. The first-order valence-corrected chi connectivity index (χ1v) is 10.9. The number of aromatic nitrogens is 2. The molecule has 1 aromatic heterocycles. The Morgan fingerprint density at radius 3 is 2.38 bits per heavy atom. The summed E-state index contributed by atoms with van der Waals surface area (Å²) in [6.45, 7) is 4.31. The van der Waals surface area contributed by atoms with E-state index in [1.54, 1.807) is 36.8 Å². The molecule has 168 valence electrons. The number of benzene rings is 2. The van der Waals surface area contributed by atoms with Crippen LogP contribution in [0.1, 0.15) is 40.5 Å². The number of carbonyl (C=O) groups excluding carboxylic acids is 2. The highest BCUT2D eigenvalue weighted by atomic mass is 16.5. The topological polar surface area (TPSA) is 70.4 Å². The van der Waals surface area contributed by atoms with Crippen molar-refractivity contribution < 1.29 is 19.1 Å². The lowest BCUT2D eigenvalue weighted by Crippen LogP contribution is -2.31. The molecule has 0 aliphatic carbocycles. The van der Waals surface area contributed by atoms with Gasteiger partial charge in [0.15, 0.2) is 0 Å². The van der Waals surface area contributed by atoms with Gasteiger partial charge in [0.05, 0.1) is 24.4 Å². The van der Waals surface area contributed by atoms with Crippen LogP contribution < -0.4 is 0 Å². The number of ether oxygens (including phenoxy) is 2. The molecule has 32 heavy (non-hydrogen) atoms. The van der Waals surface area contributed by atoms with Gasteiger partial charge in [-0.15, -0.1) is 0 Å². The van der Waals surface area contributed by atoms with Crippen LogP contribution >= 0.6 is 0 Å². The zero-order chi connectivity index (χ0) is 22.9. The van der Waals surface area contributed by atoms with E-state index in [4.69, 9.17) is 9.47 Å². The van der Waals surface area contributed by atoms with E-state index in [2.05, 4.69) is 4.98 Å². The van der Waals surface area contributed by atoms with Crippen LogP contribution in [-0.4, -0.2) is 28.1 Å². The Morgan fingerprint density at radius 1 is 1.03 bits per heavy atom. The molecule has 0 bridgehead atoms. The van der Waals surface area contributed by atoms with E-state index >= 15 is 0 Å². The van der Waals surface area contributed by atoms with E-state index in [0.717, 1.165) is 16.8 Å². The van der Waals surface area contributed by atoms with E-state index in [-0.39, 0.29) is 25.1 Å². The van der Waals surface area contributed by atoms with Crippen molar-refractivity contribution in [3.05, 3.63) is 89.5 Å². The lowest BCUT2D eigenvalue weighted by molar-refractivity contribution is -0.152. The third-order valence-corrected chi connectivity index (χ3v) is 5.64. The van der Waals surface area contributed by atoms with Crippen molar-refractivity contribution in [1.29, 1.82) is 0 Å². The summed E-state index contributed by atoms with van der Waals surface area (Å²) in [4.78, 5) is 29.7. The van der Waals surface area contributed by atoms with Crippen molar-refractivity contribution in [3.63, 3.8) is 0 Å². The van der Waals surface area contributed by atoms with Gasteiger partial charge in [-0.05, 0) is 37.5 Å². The van der Waals surface area contributed by atoms with Crippen molar-refractivity contribution >= 4 is 11.9 Å². The molecular weight excluding hydrogens is 404 g/mol. The van der Waals surface area contributed by atoms with Crippen LogP contribution in [0.25, 0.3) is 0 Å². The summed E-state index contributed by atoms with van der Waals surface area (Å²) < 4.78 is 13.2. The maximum absolute atomic E-state index is 13.0. The fourth-order valence-corrected chi connectivity index (χ4v) is 3.65. The minimum atomic E-state index is -0.404. The molecular formula is C26H30N2O4. The Morgan fingerprint density at radius 2 is 1.75 bits per heavy atom. The first-order valence-electron chi connectivity index (χ1n) is 10.9. The molecule has 6 heteroatoms. The van der Waals surface area contributed by atoms with Gasteiger partial charge >= 0.3 is 11.9 Å². The molecule has 0 saturated heterocycles. The maximum atomic E-state index is 13.0. The minimum absolute atomic E-state index is 0.122. The van der Waals surface area contributed by atoms with Gasteiger partial charge in [0.25, 0.3) is 0 Å². The lowest BCUT2D eigenvalue weighted by atomic mass is 9.87. The van der Waals surface area contributed by atoms with E-state index in [1.165, 1.54) is 0 Å². The van der Waals surface area contributed by atoms with Crippen LogP contribution in [0.3, 0.4) is 0 Å². The summed E-state index contributed by atoms with van der Waals surface area (Å²) in [6.07, 6.45) is 4.63. The predicted octanol–water partition coefficient (Wildman–Crippen LogP) is 4.51. The summed E-state index contributed by atoms with van der Waals surface area (Å²) in [7, 11) is 1.91. The van der Waals surface area contributed by atoms with Crippen LogP contribution in [0.2, 0.25) is 0 Å². The van der Waals surface area contributed by atoms with Gasteiger partial charge in [-0.1, -0.05) is 55.0 Å². The summed E-state index contributed by atoms with van der Waals surface area (Å²) in [6, 6.07) is 16.8. The first-order chi connectivity index (χ1) is 15.5. The molecule has 0 radical (unpaired) electrons. The van der Waals surface area contributed by atoms with Crippen LogP contribution in [0.4, 0.5) is 0 Å². The Balaban J connectivity index is 1.70. The van der Waals surface area contributed by atoms with E-state index < -0.39 is 11.9 Å². The first kappa shape index (κ1) is 23.3. The summed E-state index contributed by atoms with van der Waals surface area (Å²) in [5.41, 5.74) is 3.55.